The summed E-state index contributed by atoms with van der Waals surface area (Å²) in [7, 11) is 4.00. The zero-order valence-electron chi connectivity index (χ0n) is 24.6. The molecule has 1 saturated heterocycles. The van der Waals surface area contributed by atoms with Crippen molar-refractivity contribution in [3.63, 3.8) is 0 Å². The molecule has 0 aromatic heterocycles. The maximum absolute atomic E-state index is 13.8. The van der Waals surface area contributed by atoms with Gasteiger partial charge >= 0.3 is 0 Å². The monoisotopic (exact) mass is 567 g/mol. The Morgan fingerprint density at radius 1 is 0.750 bits per heavy atom. The van der Waals surface area contributed by atoms with E-state index in [1.807, 2.05) is 18.2 Å². The minimum Gasteiger partial charge on any atom is -0.541 e. The summed E-state index contributed by atoms with van der Waals surface area (Å²) in [5.74, 6) is 1.54. The third kappa shape index (κ3) is 5.22. The van der Waals surface area contributed by atoms with Gasteiger partial charge in [0.25, 0.3) is 8.32 Å². The average molecular weight is 568 g/mol. The Labute approximate surface area is 236 Å². The number of β-lactam (4-membered cyclic amide) rings is 1. The standard InChI is InChI=1S/C31H38FNO6Si/c1-31(2,3)40(8,9)39-24-16-20(12-15-23(24)35-4)28-27(19-10-13-21(32)14-11-19)30(34)33(28)22-17-25(36-5)29(38-7)26(18-22)37-6/h10-18,27-28H,1-9H3/t27-,28-/m1/s1. The van der Waals surface area contributed by atoms with E-state index in [-0.39, 0.29) is 16.8 Å². The van der Waals surface area contributed by atoms with E-state index in [2.05, 4.69) is 33.9 Å². The zero-order chi connectivity index (χ0) is 29.4. The van der Waals surface area contributed by atoms with Crippen molar-refractivity contribution in [1.29, 1.82) is 0 Å². The molecular formula is C31H38FNO6Si. The highest BCUT2D eigenvalue weighted by Crippen LogP contribution is 2.53. The van der Waals surface area contributed by atoms with Gasteiger partial charge in [0.05, 0.1) is 46.1 Å². The molecule has 0 aliphatic carbocycles. The molecule has 0 bridgehead atoms. The number of carbonyl (C=O) groups is 1. The van der Waals surface area contributed by atoms with E-state index < -0.39 is 20.3 Å². The van der Waals surface area contributed by atoms with Gasteiger partial charge in [0.15, 0.2) is 17.2 Å². The van der Waals surface area contributed by atoms with Crippen LogP contribution in [-0.2, 0) is 4.79 Å². The van der Waals surface area contributed by atoms with E-state index in [9.17, 15) is 9.18 Å². The van der Waals surface area contributed by atoms with E-state index in [0.717, 1.165) is 11.1 Å². The van der Waals surface area contributed by atoms with Crippen LogP contribution in [0.25, 0.3) is 0 Å². The number of ether oxygens (including phenoxy) is 4. The first-order valence-electron chi connectivity index (χ1n) is 13.1. The van der Waals surface area contributed by atoms with E-state index in [4.69, 9.17) is 23.4 Å². The SMILES string of the molecule is COc1ccc([C@@H]2[C@@H](c3ccc(F)cc3)C(=O)N2c2cc(OC)c(OC)c(OC)c2)cc1O[Si](C)(C)C(C)(C)C. The summed E-state index contributed by atoms with van der Waals surface area (Å²) in [4.78, 5) is 15.5. The van der Waals surface area contributed by atoms with Crippen LogP contribution in [0, 0.1) is 5.82 Å². The van der Waals surface area contributed by atoms with Crippen molar-refractivity contribution >= 4 is 19.9 Å². The van der Waals surface area contributed by atoms with Crippen LogP contribution in [-0.4, -0.2) is 42.7 Å². The van der Waals surface area contributed by atoms with Crippen molar-refractivity contribution in [3.8, 4) is 28.7 Å². The second-order valence-electron chi connectivity index (χ2n) is 11.3. The highest BCUT2D eigenvalue weighted by molar-refractivity contribution is 6.74. The van der Waals surface area contributed by atoms with E-state index >= 15 is 0 Å². The lowest BCUT2D eigenvalue weighted by Crippen LogP contribution is -2.53. The number of amides is 1. The van der Waals surface area contributed by atoms with Gasteiger partial charge in [0.2, 0.25) is 11.7 Å². The van der Waals surface area contributed by atoms with Crippen LogP contribution in [0.3, 0.4) is 0 Å². The lowest BCUT2D eigenvalue weighted by molar-refractivity contribution is -0.126. The molecule has 0 unspecified atom stereocenters. The number of carbonyl (C=O) groups excluding carboxylic acids is 1. The average Bonchev–Trinajstić information content (AvgIpc) is 2.91. The molecule has 2 atom stereocenters. The molecule has 9 heteroatoms. The van der Waals surface area contributed by atoms with Crippen molar-refractivity contribution in [2.75, 3.05) is 33.3 Å². The summed E-state index contributed by atoms with van der Waals surface area (Å²) in [6, 6.07) is 14.9. The Morgan fingerprint density at radius 2 is 1.30 bits per heavy atom. The molecule has 0 N–H and O–H groups in total. The highest BCUT2D eigenvalue weighted by atomic mass is 28.4. The summed E-state index contributed by atoms with van der Waals surface area (Å²) >= 11 is 0. The lowest BCUT2D eigenvalue weighted by atomic mass is 9.77. The Morgan fingerprint density at radius 3 is 1.80 bits per heavy atom. The summed E-state index contributed by atoms with van der Waals surface area (Å²) in [6.07, 6.45) is 0. The number of hydrogen-bond donors (Lipinski definition) is 0. The molecule has 1 fully saturated rings. The van der Waals surface area contributed by atoms with Crippen molar-refractivity contribution in [1.82, 2.24) is 0 Å². The van der Waals surface area contributed by atoms with Gasteiger partial charge in [-0.3, -0.25) is 4.79 Å². The second kappa shape index (κ2) is 11.0. The van der Waals surface area contributed by atoms with Crippen LogP contribution in [0.2, 0.25) is 18.1 Å². The van der Waals surface area contributed by atoms with Crippen LogP contribution in [0.5, 0.6) is 28.7 Å². The molecule has 3 aromatic rings. The minimum atomic E-state index is -2.21. The summed E-state index contributed by atoms with van der Waals surface area (Å²) in [6.45, 7) is 10.9. The number of anilines is 1. The van der Waals surface area contributed by atoms with Crippen LogP contribution >= 0.6 is 0 Å². The normalized spacial score (nSPS) is 17.2. The number of benzene rings is 3. The van der Waals surface area contributed by atoms with Crippen molar-refractivity contribution < 1.29 is 32.6 Å². The fourth-order valence-electron chi connectivity index (χ4n) is 4.70. The maximum Gasteiger partial charge on any atom is 0.250 e. The maximum atomic E-state index is 13.8. The fourth-order valence-corrected chi connectivity index (χ4v) is 5.72. The lowest BCUT2D eigenvalue weighted by Gasteiger charge is -2.48. The number of halogens is 1. The molecule has 0 spiro atoms. The minimum absolute atomic E-state index is 0.0284. The predicted octanol–water partition coefficient (Wildman–Crippen LogP) is 7.12. The number of nitrogens with zero attached hydrogens (tertiary/aromatic N) is 1. The van der Waals surface area contributed by atoms with Gasteiger partial charge in [-0.1, -0.05) is 39.0 Å². The van der Waals surface area contributed by atoms with Gasteiger partial charge in [-0.15, -0.1) is 0 Å². The predicted molar refractivity (Wildman–Crippen MR) is 156 cm³/mol. The van der Waals surface area contributed by atoms with Crippen molar-refractivity contribution in [3.05, 3.63) is 71.5 Å². The van der Waals surface area contributed by atoms with Crippen LogP contribution in [0.4, 0.5) is 10.1 Å². The number of methoxy groups -OCH3 is 4. The third-order valence-electron chi connectivity index (χ3n) is 7.95. The molecule has 214 valence electrons. The Bertz CT molecular complexity index is 1360. The second-order valence-corrected chi connectivity index (χ2v) is 16.1. The van der Waals surface area contributed by atoms with Gasteiger partial charge in [-0.05, 0) is 53.5 Å². The Balaban J connectivity index is 1.87. The molecule has 40 heavy (non-hydrogen) atoms. The number of rotatable bonds is 9. The van der Waals surface area contributed by atoms with Crippen LogP contribution in [0.15, 0.2) is 54.6 Å². The van der Waals surface area contributed by atoms with E-state index in [1.54, 1.807) is 36.3 Å². The van der Waals surface area contributed by atoms with Crippen molar-refractivity contribution in [2.45, 2.75) is 50.9 Å². The van der Waals surface area contributed by atoms with Gasteiger partial charge in [-0.2, -0.15) is 0 Å². The first kappa shape index (κ1) is 29.3. The van der Waals surface area contributed by atoms with Gasteiger partial charge in [0, 0.05) is 12.1 Å². The summed E-state index contributed by atoms with van der Waals surface area (Å²) in [5.41, 5.74) is 2.17. The van der Waals surface area contributed by atoms with Gasteiger partial charge in [-0.25, -0.2) is 4.39 Å². The molecule has 1 aliphatic rings. The molecule has 7 nitrogen and oxygen atoms in total. The van der Waals surface area contributed by atoms with Crippen LogP contribution < -0.4 is 28.3 Å². The Kier molecular flexibility index (Phi) is 8.08. The molecule has 0 radical (unpaired) electrons. The molecule has 1 aliphatic heterocycles. The van der Waals surface area contributed by atoms with Gasteiger partial charge in [0.1, 0.15) is 11.6 Å². The van der Waals surface area contributed by atoms with E-state index in [0.29, 0.717) is 34.4 Å². The van der Waals surface area contributed by atoms with E-state index in [1.165, 1.54) is 33.5 Å². The largest absolute Gasteiger partial charge is 0.541 e. The van der Waals surface area contributed by atoms with Crippen molar-refractivity contribution in [2.24, 2.45) is 0 Å². The molecule has 0 saturated carbocycles. The quantitative estimate of drug-likeness (QED) is 0.203. The Hall–Kier alpha value is -3.72. The van der Waals surface area contributed by atoms with Crippen LogP contribution in [0.1, 0.15) is 43.9 Å². The molecule has 1 heterocycles. The third-order valence-corrected chi connectivity index (χ3v) is 12.3. The first-order valence-corrected chi connectivity index (χ1v) is 16.0. The molecule has 3 aromatic carbocycles. The molecule has 4 rings (SSSR count). The fraction of sp³-hybridized carbons (Fsp3) is 0.387. The summed E-state index contributed by atoms with van der Waals surface area (Å²) in [5, 5.41) is -0.0284. The molecule has 1 amide bonds. The summed E-state index contributed by atoms with van der Waals surface area (Å²) < 4.78 is 42.7. The first-order chi connectivity index (χ1) is 18.9. The smallest absolute Gasteiger partial charge is 0.250 e. The zero-order valence-corrected chi connectivity index (χ0v) is 25.6. The van der Waals surface area contributed by atoms with Gasteiger partial charge < -0.3 is 28.3 Å². The highest BCUT2D eigenvalue weighted by Gasteiger charge is 2.50. The molecular weight excluding hydrogens is 529 g/mol. The number of hydrogen-bond acceptors (Lipinski definition) is 6. The topological polar surface area (TPSA) is 66.5 Å².